The summed E-state index contributed by atoms with van der Waals surface area (Å²) in [6, 6.07) is 5.25. The molecule has 0 bridgehead atoms. The fourth-order valence-electron chi connectivity index (χ4n) is 3.25. The lowest BCUT2D eigenvalue weighted by Crippen LogP contribution is -2.35. The van der Waals surface area contributed by atoms with Crippen LogP contribution >= 0.6 is 0 Å². The zero-order valence-electron chi connectivity index (χ0n) is 13.7. The third-order valence-corrected chi connectivity index (χ3v) is 4.82. The minimum absolute atomic E-state index is 0.0192. The zero-order chi connectivity index (χ0) is 16.7. The highest BCUT2D eigenvalue weighted by Crippen LogP contribution is 2.38. The van der Waals surface area contributed by atoms with Crippen molar-refractivity contribution < 1.29 is 9.84 Å². The van der Waals surface area contributed by atoms with Crippen LogP contribution in [0.5, 0.6) is 11.5 Å². The van der Waals surface area contributed by atoms with Gasteiger partial charge in [0.15, 0.2) is 0 Å². The quantitative estimate of drug-likeness (QED) is 0.897. The number of nitrogens with zero attached hydrogens (tertiary/aromatic N) is 2. The van der Waals surface area contributed by atoms with Gasteiger partial charge >= 0.3 is 0 Å². The Morgan fingerprint density at radius 2 is 2.25 bits per heavy atom. The van der Waals surface area contributed by atoms with Crippen LogP contribution in [-0.2, 0) is 19.5 Å². The summed E-state index contributed by atoms with van der Waals surface area (Å²) in [7, 11) is 1.61. The average molecular weight is 327 g/mol. The molecule has 6 heteroatoms. The molecule has 1 aliphatic carbocycles. The number of aromatic hydroxyl groups is 1. The molecule has 1 fully saturated rings. The Hall–Kier alpha value is -2.34. The molecule has 2 N–H and O–H groups in total. The predicted octanol–water partition coefficient (Wildman–Crippen LogP) is 1.92. The molecular formula is C18H21N3O3. The van der Waals surface area contributed by atoms with Gasteiger partial charge in [0.1, 0.15) is 17.3 Å². The number of nitrogens with one attached hydrogen (secondary N) is 1. The summed E-state index contributed by atoms with van der Waals surface area (Å²) in [6.07, 6.45) is 2.92. The molecule has 24 heavy (non-hydrogen) atoms. The topological polar surface area (TPSA) is 78.5 Å². The van der Waals surface area contributed by atoms with Crippen molar-refractivity contribution in [2.45, 2.75) is 38.3 Å². The Labute approximate surface area is 140 Å². The number of ether oxygens (including phenoxy) is 1. The molecule has 0 radical (unpaired) electrons. The van der Waals surface area contributed by atoms with Gasteiger partial charge in [-0.25, -0.2) is 4.98 Å². The van der Waals surface area contributed by atoms with Crippen molar-refractivity contribution in [1.29, 1.82) is 0 Å². The van der Waals surface area contributed by atoms with Crippen LogP contribution in [0.3, 0.4) is 0 Å². The molecular weight excluding hydrogens is 306 g/mol. The van der Waals surface area contributed by atoms with Gasteiger partial charge in [-0.05, 0) is 37.5 Å². The Morgan fingerprint density at radius 3 is 3.00 bits per heavy atom. The van der Waals surface area contributed by atoms with Crippen molar-refractivity contribution in [2.75, 3.05) is 13.7 Å². The maximum absolute atomic E-state index is 12.2. The Balaban J connectivity index is 1.57. The van der Waals surface area contributed by atoms with E-state index in [4.69, 9.17) is 9.72 Å². The number of rotatable bonds is 4. The highest BCUT2D eigenvalue weighted by Gasteiger charge is 2.29. The lowest BCUT2D eigenvalue weighted by Gasteiger charge is -2.28. The van der Waals surface area contributed by atoms with Crippen LogP contribution in [0.2, 0.25) is 0 Å². The summed E-state index contributed by atoms with van der Waals surface area (Å²) < 4.78 is 5.23. The van der Waals surface area contributed by atoms with Crippen LogP contribution in [-0.4, -0.2) is 33.6 Å². The number of fused-ring (bicyclic) bond motifs is 1. The monoisotopic (exact) mass is 327 g/mol. The number of aromatic nitrogens is 2. The molecule has 1 aromatic carbocycles. The Bertz CT molecular complexity index is 827. The summed E-state index contributed by atoms with van der Waals surface area (Å²) in [5, 5.41) is 10.1. The molecule has 2 heterocycles. The summed E-state index contributed by atoms with van der Waals surface area (Å²) in [6.45, 7) is 2.02. The van der Waals surface area contributed by atoms with E-state index in [0.717, 1.165) is 47.8 Å². The van der Waals surface area contributed by atoms with E-state index in [1.165, 1.54) is 0 Å². The maximum atomic E-state index is 12.2. The van der Waals surface area contributed by atoms with Gasteiger partial charge in [-0.15, -0.1) is 0 Å². The van der Waals surface area contributed by atoms with Gasteiger partial charge < -0.3 is 14.8 Å². The van der Waals surface area contributed by atoms with Gasteiger partial charge in [0.25, 0.3) is 5.56 Å². The second-order valence-electron chi connectivity index (χ2n) is 6.61. The van der Waals surface area contributed by atoms with E-state index in [1.54, 1.807) is 19.2 Å². The molecule has 0 unspecified atom stereocenters. The van der Waals surface area contributed by atoms with Gasteiger partial charge in [0, 0.05) is 36.7 Å². The van der Waals surface area contributed by atoms with E-state index in [-0.39, 0.29) is 11.3 Å². The SMILES string of the molecule is COc1ccc(O)c(CN2CCc3c(nc(C4CC4)[nH]c3=O)C2)c1. The molecule has 126 valence electrons. The number of hydrogen-bond acceptors (Lipinski definition) is 5. The molecule has 2 aromatic rings. The van der Waals surface area contributed by atoms with Crippen molar-refractivity contribution >= 4 is 0 Å². The first-order valence-electron chi connectivity index (χ1n) is 8.34. The first-order chi connectivity index (χ1) is 11.6. The number of methoxy groups -OCH3 is 1. The second-order valence-corrected chi connectivity index (χ2v) is 6.61. The average Bonchev–Trinajstić information content (AvgIpc) is 3.41. The van der Waals surface area contributed by atoms with Crippen molar-refractivity contribution in [3.63, 3.8) is 0 Å². The van der Waals surface area contributed by atoms with Gasteiger partial charge in [-0.2, -0.15) is 0 Å². The molecule has 0 spiro atoms. The van der Waals surface area contributed by atoms with E-state index in [0.29, 0.717) is 25.4 Å². The van der Waals surface area contributed by atoms with Crippen LogP contribution in [0.25, 0.3) is 0 Å². The van der Waals surface area contributed by atoms with E-state index in [1.807, 2.05) is 6.07 Å². The molecule has 1 aromatic heterocycles. The van der Waals surface area contributed by atoms with Crippen LogP contribution in [0.15, 0.2) is 23.0 Å². The van der Waals surface area contributed by atoms with Gasteiger partial charge in [0.2, 0.25) is 0 Å². The highest BCUT2D eigenvalue weighted by molar-refractivity contribution is 5.39. The number of phenols is 1. The normalized spacial score (nSPS) is 17.5. The molecule has 2 aliphatic rings. The number of phenolic OH excluding ortho intramolecular Hbond substituents is 1. The minimum atomic E-state index is 0.0192. The third kappa shape index (κ3) is 2.89. The van der Waals surface area contributed by atoms with Crippen LogP contribution in [0, 0.1) is 0 Å². The fraction of sp³-hybridized carbons (Fsp3) is 0.444. The van der Waals surface area contributed by atoms with Crippen LogP contribution < -0.4 is 10.3 Å². The first kappa shape index (κ1) is 15.2. The molecule has 0 saturated heterocycles. The van der Waals surface area contributed by atoms with E-state index < -0.39 is 0 Å². The summed E-state index contributed by atoms with van der Waals surface area (Å²) in [5.74, 6) is 2.26. The van der Waals surface area contributed by atoms with Crippen molar-refractivity contribution in [3.8, 4) is 11.5 Å². The number of H-pyrrole nitrogens is 1. The highest BCUT2D eigenvalue weighted by atomic mass is 16.5. The summed E-state index contributed by atoms with van der Waals surface area (Å²) in [5.41, 5.74) is 2.54. The van der Waals surface area contributed by atoms with E-state index >= 15 is 0 Å². The maximum Gasteiger partial charge on any atom is 0.254 e. The van der Waals surface area contributed by atoms with Crippen molar-refractivity contribution in [1.82, 2.24) is 14.9 Å². The van der Waals surface area contributed by atoms with Gasteiger partial charge in [-0.1, -0.05) is 0 Å². The van der Waals surface area contributed by atoms with Crippen molar-refractivity contribution in [3.05, 3.63) is 51.2 Å². The minimum Gasteiger partial charge on any atom is -0.508 e. The van der Waals surface area contributed by atoms with E-state index in [9.17, 15) is 9.90 Å². The standard InChI is InChI=1S/C18H21N3O3/c1-24-13-4-5-16(22)12(8-13)9-21-7-6-14-15(10-21)19-17(11-2-3-11)20-18(14)23/h4-5,8,11,22H,2-3,6-7,9-10H2,1H3,(H,19,20,23). The molecule has 1 saturated carbocycles. The number of benzene rings is 1. The molecule has 4 rings (SSSR count). The molecule has 0 amide bonds. The number of hydrogen-bond donors (Lipinski definition) is 2. The van der Waals surface area contributed by atoms with Crippen LogP contribution in [0.1, 0.15) is 41.4 Å². The fourth-order valence-corrected chi connectivity index (χ4v) is 3.25. The smallest absolute Gasteiger partial charge is 0.254 e. The van der Waals surface area contributed by atoms with Gasteiger partial charge in [-0.3, -0.25) is 9.69 Å². The van der Waals surface area contributed by atoms with Gasteiger partial charge in [0.05, 0.1) is 12.8 Å². The Morgan fingerprint density at radius 1 is 1.42 bits per heavy atom. The number of aromatic amines is 1. The molecule has 0 atom stereocenters. The molecule has 6 nitrogen and oxygen atoms in total. The van der Waals surface area contributed by atoms with Crippen LogP contribution in [0.4, 0.5) is 0 Å². The first-order valence-corrected chi connectivity index (χ1v) is 8.34. The second kappa shape index (κ2) is 5.94. The predicted molar refractivity (Wildman–Crippen MR) is 89.3 cm³/mol. The Kier molecular flexibility index (Phi) is 3.76. The van der Waals surface area contributed by atoms with E-state index in [2.05, 4.69) is 9.88 Å². The molecule has 1 aliphatic heterocycles. The lowest BCUT2D eigenvalue weighted by molar-refractivity contribution is 0.236. The zero-order valence-corrected chi connectivity index (χ0v) is 13.7. The summed E-state index contributed by atoms with van der Waals surface area (Å²) >= 11 is 0. The third-order valence-electron chi connectivity index (χ3n) is 4.82. The largest absolute Gasteiger partial charge is 0.508 e. The summed E-state index contributed by atoms with van der Waals surface area (Å²) in [4.78, 5) is 22.1. The van der Waals surface area contributed by atoms with Crippen molar-refractivity contribution in [2.24, 2.45) is 0 Å². The lowest BCUT2D eigenvalue weighted by atomic mass is 10.0.